The van der Waals surface area contributed by atoms with Crippen molar-refractivity contribution in [2.45, 2.75) is 32.9 Å². The van der Waals surface area contributed by atoms with Crippen molar-refractivity contribution >= 4 is 34.5 Å². The Bertz CT molecular complexity index is 1570. The van der Waals surface area contributed by atoms with Gasteiger partial charge in [0.1, 0.15) is 22.8 Å². The number of para-hydroxylation sites is 2. The summed E-state index contributed by atoms with van der Waals surface area (Å²) in [5, 5.41) is 9.35. The number of benzene rings is 3. The van der Waals surface area contributed by atoms with Crippen molar-refractivity contribution in [3.8, 4) is 23.0 Å². The van der Waals surface area contributed by atoms with Crippen LogP contribution in [0.5, 0.6) is 23.0 Å². The number of carbonyl (C=O) groups is 2. The second-order valence-electron chi connectivity index (χ2n) is 9.48. The summed E-state index contributed by atoms with van der Waals surface area (Å²) in [7, 11) is 4.59. The van der Waals surface area contributed by atoms with Crippen LogP contribution in [-0.4, -0.2) is 65.9 Å². The highest BCUT2D eigenvalue weighted by Crippen LogP contribution is 2.38. The molecule has 4 rings (SSSR count). The number of carboxylic acid groups (broad SMARTS) is 1. The van der Waals surface area contributed by atoms with E-state index in [1.165, 1.54) is 14.2 Å². The van der Waals surface area contributed by atoms with Crippen LogP contribution in [0, 0.1) is 0 Å². The van der Waals surface area contributed by atoms with E-state index in [0.29, 0.717) is 41.7 Å². The summed E-state index contributed by atoms with van der Waals surface area (Å²) >= 11 is 6.63. The van der Waals surface area contributed by atoms with Gasteiger partial charge in [0, 0.05) is 12.1 Å². The summed E-state index contributed by atoms with van der Waals surface area (Å²) in [6.45, 7) is 2.55. The Hall–Kier alpha value is -4.44. The van der Waals surface area contributed by atoms with Crippen molar-refractivity contribution < 1.29 is 33.6 Å². The molecule has 10 nitrogen and oxygen atoms in total. The predicted molar refractivity (Wildman–Crippen MR) is 159 cm³/mol. The van der Waals surface area contributed by atoms with Gasteiger partial charge in [0.05, 0.1) is 50.5 Å². The molecule has 0 radical (unpaired) electrons. The standard InChI is InChI=1S/C31H34ClN3O7/c1-5-6-16-34(31(38)21-14-15-25(40-3)30(41-4)28(21)32)18-26-33-29-22(11-9-13-24(29)42-19-27(36)37)35(26)17-20-10-7-8-12-23(20)39-2/h7-15H,5-6,16-19H2,1-4H3,(H,36,37). The molecule has 0 spiro atoms. The van der Waals surface area contributed by atoms with Gasteiger partial charge < -0.3 is 33.5 Å². The van der Waals surface area contributed by atoms with E-state index in [1.54, 1.807) is 36.3 Å². The third kappa shape index (κ3) is 6.54. The number of amides is 1. The van der Waals surface area contributed by atoms with Gasteiger partial charge in [0.25, 0.3) is 5.91 Å². The van der Waals surface area contributed by atoms with E-state index >= 15 is 0 Å². The number of ether oxygens (including phenoxy) is 4. The van der Waals surface area contributed by atoms with Gasteiger partial charge in [-0.05, 0) is 36.8 Å². The van der Waals surface area contributed by atoms with Crippen LogP contribution in [0.1, 0.15) is 41.5 Å². The van der Waals surface area contributed by atoms with Crippen LogP contribution >= 0.6 is 11.6 Å². The summed E-state index contributed by atoms with van der Waals surface area (Å²) in [6.07, 6.45) is 1.63. The van der Waals surface area contributed by atoms with E-state index in [2.05, 4.69) is 6.92 Å². The number of methoxy groups -OCH3 is 3. The highest BCUT2D eigenvalue weighted by molar-refractivity contribution is 6.35. The number of aromatic nitrogens is 2. The molecular weight excluding hydrogens is 562 g/mol. The molecule has 0 bridgehead atoms. The minimum Gasteiger partial charge on any atom is -0.496 e. The number of halogens is 1. The van der Waals surface area contributed by atoms with E-state index in [9.17, 15) is 14.7 Å². The third-order valence-corrected chi connectivity index (χ3v) is 7.18. The molecule has 0 unspecified atom stereocenters. The first-order valence-electron chi connectivity index (χ1n) is 13.5. The summed E-state index contributed by atoms with van der Waals surface area (Å²) in [6, 6.07) is 16.3. The fourth-order valence-corrected chi connectivity index (χ4v) is 5.04. The molecule has 1 heterocycles. The number of carbonyl (C=O) groups excluding carboxylic acids is 1. The van der Waals surface area contributed by atoms with Gasteiger partial charge in [-0.3, -0.25) is 4.79 Å². The molecule has 42 heavy (non-hydrogen) atoms. The zero-order valence-corrected chi connectivity index (χ0v) is 24.8. The first kappa shape index (κ1) is 30.5. The van der Waals surface area contributed by atoms with Crippen LogP contribution in [0.15, 0.2) is 54.6 Å². The maximum absolute atomic E-state index is 14.0. The first-order chi connectivity index (χ1) is 20.3. The van der Waals surface area contributed by atoms with Crippen molar-refractivity contribution in [1.29, 1.82) is 0 Å². The van der Waals surface area contributed by atoms with Crippen molar-refractivity contribution in [2.75, 3.05) is 34.5 Å². The smallest absolute Gasteiger partial charge is 0.341 e. The van der Waals surface area contributed by atoms with Crippen molar-refractivity contribution in [2.24, 2.45) is 0 Å². The van der Waals surface area contributed by atoms with E-state index in [1.807, 2.05) is 34.9 Å². The number of hydrogen-bond acceptors (Lipinski definition) is 7. The molecule has 0 aliphatic carbocycles. The molecule has 4 aromatic rings. The minimum atomic E-state index is -1.09. The molecule has 0 aliphatic rings. The zero-order chi connectivity index (χ0) is 30.2. The number of imidazole rings is 1. The second kappa shape index (κ2) is 14.0. The van der Waals surface area contributed by atoms with Gasteiger partial charge in [-0.15, -0.1) is 0 Å². The van der Waals surface area contributed by atoms with Crippen LogP contribution in [-0.2, 0) is 17.9 Å². The van der Waals surface area contributed by atoms with Crippen LogP contribution in [0.3, 0.4) is 0 Å². The van der Waals surface area contributed by atoms with Crippen LogP contribution in [0.4, 0.5) is 0 Å². The number of aliphatic carboxylic acids is 1. The Morgan fingerprint density at radius 2 is 1.69 bits per heavy atom. The van der Waals surface area contributed by atoms with Crippen LogP contribution in [0.2, 0.25) is 5.02 Å². The Labute approximate surface area is 249 Å². The molecule has 0 saturated carbocycles. The Morgan fingerprint density at radius 3 is 2.38 bits per heavy atom. The lowest BCUT2D eigenvalue weighted by atomic mass is 10.1. The molecule has 1 amide bonds. The van der Waals surface area contributed by atoms with Crippen molar-refractivity contribution in [1.82, 2.24) is 14.5 Å². The van der Waals surface area contributed by atoms with E-state index in [-0.39, 0.29) is 28.8 Å². The fourth-order valence-electron chi connectivity index (χ4n) is 4.72. The molecule has 3 aromatic carbocycles. The van der Waals surface area contributed by atoms with Gasteiger partial charge in [-0.1, -0.05) is 49.2 Å². The molecular formula is C31H34ClN3O7. The number of nitrogens with zero attached hydrogens (tertiary/aromatic N) is 3. The molecule has 11 heteroatoms. The number of rotatable bonds is 14. The van der Waals surface area contributed by atoms with Gasteiger partial charge >= 0.3 is 5.97 Å². The average molecular weight is 596 g/mol. The molecule has 222 valence electrons. The molecule has 0 fully saturated rings. The second-order valence-corrected chi connectivity index (χ2v) is 9.85. The molecule has 0 aliphatic heterocycles. The first-order valence-corrected chi connectivity index (χ1v) is 13.8. The normalized spacial score (nSPS) is 10.9. The predicted octanol–water partition coefficient (Wildman–Crippen LogP) is 5.67. The number of hydrogen-bond donors (Lipinski definition) is 1. The largest absolute Gasteiger partial charge is 0.496 e. The maximum Gasteiger partial charge on any atom is 0.341 e. The zero-order valence-electron chi connectivity index (χ0n) is 24.1. The number of unbranched alkanes of at least 4 members (excludes halogenated alkanes) is 1. The summed E-state index contributed by atoms with van der Waals surface area (Å²) < 4.78 is 23.9. The van der Waals surface area contributed by atoms with Crippen molar-refractivity contribution in [3.05, 3.63) is 76.6 Å². The topological polar surface area (TPSA) is 112 Å². The van der Waals surface area contributed by atoms with Crippen LogP contribution < -0.4 is 18.9 Å². The van der Waals surface area contributed by atoms with Gasteiger partial charge in [0.2, 0.25) is 0 Å². The average Bonchev–Trinajstić information content (AvgIpc) is 3.34. The van der Waals surface area contributed by atoms with Gasteiger partial charge in [-0.2, -0.15) is 0 Å². The van der Waals surface area contributed by atoms with E-state index in [4.69, 9.17) is 35.5 Å². The summed E-state index contributed by atoms with van der Waals surface area (Å²) in [5.41, 5.74) is 2.41. The highest BCUT2D eigenvalue weighted by atomic mass is 35.5. The summed E-state index contributed by atoms with van der Waals surface area (Å²) in [5.74, 6) is 0.958. The van der Waals surface area contributed by atoms with Crippen LogP contribution in [0.25, 0.3) is 11.0 Å². The Kier molecular flexibility index (Phi) is 10.1. The Balaban J connectivity index is 1.81. The number of carboxylic acids is 1. The molecule has 0 atom stereocenters. The molecule has 1 aromatic heterocycles. The monoisotopic (exact) mass is 595 g/mol. The molecule has 0 saturated heterocycles. The van der Waals surface area contributed by atoms with E-state index < -0.39 is 12.6 Å². The lowest BCUT2D eigenvalue weighted by Crippen LogP contribution is -2.33. The minimum absolute atomic E-state index is 0.158. The SMILES string of the molecule is CCCCN(Cc1nc2c(OCC(=O)O)cccc2n1Cc1ccccc1OC)C(=O)c1ccc(OC)c(OC)c1Cl. The lowest BCUT2D eigenvalue weighted by Gasteiger charge is -2.24. The number of fused-ring (bicyclic) bond motifs is 1. The maximum atomic E-state index is 14.0. The van der Waals surface area contributed by atoms with Gasteiger partial charge in [0.15, 0.2) is 18.1 Å². The lowest BCUT2D eigenvalue weighted by molar-refractivity contribution is -0.139. The Morgan fingerprint density at radius 1 is 0.952 bits per heavy atom. The molecule has 1 N–H and O–H groups in total. The fraction of sp³-hybridized carbons (Fsp3) is 0.323. The highest BCUT2D eigenvalue weighted by Gasteiger charge is 2.25. The quantitative estimate of drug-likeness (QED) is 0.198. The van der Waals surface area contributed by atoms with Gasteiger partial charge in [-0.25, -0.2) is 9.78 Å². The third-order valence-electron chi connectivity index (χ3n) is 6.81. The van der Waals surface area contributed by atoms with E-state index in [0.717, 1.165) is 23.9 Å². The summed E-state index contributed by atoms with van der Waals surface area (Å²) in [4.78, 5) is 31.8. The van der Waals surface area contributed by atoms with Crippen molar-refractivity contribution in [3.63, 3.8) is 0 Å².